The van der Waals surface area contributed by atoms with Crippen LogP contribution in [0.1, 0.15) is 62.8 Å². The number of pyridine rings is 1. The number of aryl methyl sites for hydroxylation is 1. The average molecular weight is 291 g/mol. The molecular weight excluding hydrogens is 268 g/mol. The number of rotatable bonds is 3. The zero-order valence-corrected chi connectivity index (χ0v) is 13.2. The number of H-pyrrole nitrogens is 1. The molecule has 5 heteroatoms. The summed E-state index contributed by atoms with van der Waals surface area (Å²) in [6.45, 7) is 7.28. The number of amides is 1. The number of aromatic amines is 1. The van der Waals surface area contributed by atoms with Crippen LogP contribution in [-0.4, -0.2) is 21.5 Å². The van der Waals surface area contributed by atoms with Crippen molar-refractivity contribution in [2.75, 3.05) is 0 Å². The molecule has 1 fully saturated rings. The molecule has 1 amide bonds. The molecule has 1 saturated carbocycles. The van der Waals surface area contributed by atoms with Crippen LogP contribution in [0.3, 0.4) is 0 Å². The lowest BCUT2D eigenvalue weighted by molar-refractivity contribution is -0.271. The zero-order chi connectivity index (χ0) is 15.8. The highest BCUT2D eigenvalue weighted by atomic mass is 16.4. The molecule has 5 nitrogen and oxygen atoms in total. The molecule has 1 aliphatic carbocycles. The largest absolute Gasteiger partial charge is 0.530 e. The van der Waals surface area contributed by atoms with Crippen LogP contribution in [0.4, 0.5) is 4.79 Å². The number of hydrogen-bond acceptors (Lipinski definition) is 3. The Morgan fingerprint density at radius 3 is 2.43 bits per heavy atom. The number of nitrogens with one attached hydrogen (secondary N) is 1. The molecule has 0 radical (unpaired) electrons. The fourth-order valence-corrected chi connectivity index (χ4v) is 2.61. The van der Waals surface area contributed by atoms with Crippen molar-refractivity contribution in [3.8, 4) is 0 Å². The maximum Gasteiger partial charge on any atom is 0.253 e. The molecule has 1 heterocycles. The second-order valence-electron chi connectivity index (χ2n) is 6.87. The van der Waals surface area contributed by atoms with Crippen molar-refractivity contribution in [3.63, 3.8) is 0 Å². The first-order chi connectivity index (χ1) is 9.70. The lowest BCUT2D eigenvalue weighted by Gasteiger charge is -2.38. The van der Waals surface area contributed by atoms with Crippen molar-refractivity contribution < 1.29 is 9.90 Å². The first kappa shape index (κ1) is 15.6. The fraction of sp³-hybridized carbons (Fsp3) is 0.625. The second kappa shape index (κ2) is 5.54. The van der Waals surface area contributed by atoms with Crippen LogP contribution in [0.25, 0.3) is 0 Å². The van der Waals surface area contributed by atoms with Gasteiger partial charge in [-0.25, -0.2) is 0 Å². The van der Waals surface area contributed by atoms with Gasteiger partial charge in [0.2, 0.25) is 0 Å². The summed E-state index contributed by atoms with van der Waals surface area (Å²) in [5, 5.41) is 11.3. The van der Waals surface area contributed by atoms with E-state index < -0.39 is 11.6 Å². The third-order valence-electron chi connectivity index (χ3n) is 4.27. The Morgan fingerprint density at radius 1 is 1.43 bits per heavy atom. The van der Waals surface area contributed by atoms with Crippen LogP contribution in [0.5, 0.6) is 0 Å². The second-order valence-corrected chi connectivity index (χ2v) is 6.87. The van der Waals surface area contributed by atoms with Gasteiger partial charge in [0.05, 0.1) is 6.54 Å². The summed E-state index contributed by atoms with van der Waals surface area (Å²) in [6, 6.07) is 1.98. The lowest BCUT2D eigenvalue weighted by atomic mass is 9.82. The van der Waals surface area contributed by atoms with Crippen molar-refractivity contribution in [2.45, 2.75) is 65.0 Å². The number of hydrogen-bond donors (Lipinski definition) is 1. The number of carbonyl (C=O) groups is 1. The molecule has 0 atom stereocenters. The smallest absolute Gasteiger partial charge is 0.253 e. The average Bonchev–Trinajstić information content (AvgIpc) is 2.22. The summed E-state index contributed by atoms with van der Waals surface area (Å²) in [5.74, 6) is 0.449. The molecule has 0 bridgehead atoms. The Labute approximate surface area is 125 Å². The number of carboxylic acid groups (broad SMARTS) is 1. The Hall–Kier alpha value is -1.78. The van der Waals surface area contributed by atoms with E-state index in [0.717, 1.165) is 24.1 Å². The molecule has 0 saturated heterocycles. The van der Waals surface area contributed by atoms with Crippen molar-refractivity contribution in [3.05, 3.63) is 33.2 Å². The van der Waals surface area contributed by atoms with E-state index in [4.69, 9.17) is 0 Å². The molecule has 1 aliphatic rings. The Bertz CT molecular complexity index is 595. The molecule has 1 aromatic rings. The third-order valence-corrected chi connectivity index (χ3v) is 4.27. The molecule has 0 unspecified atom stereocenters. The molecule has 0 aliphatic heterocycles. The van der Waals surface area contributed by atoms with E-state index >= 15 is 0 Å². The summed E-state index contributed by atoms with van der Waals surface area (Å²) in [6.07, 6.45) is 2.17. The first-order valence-corrected chi connectivity index (χ1v) is 7.41. The summed E-state index contributed by atoms with van der Waals surface area (Å²) >= 11 is 0. The molecule has 116 valence electrons. The zero-order valence-electron chi connectivity index (χ0n) is 13.2. The van der Waals surface area contributed by atoms with Gasteiger partial charge in [0.25, 0.3) is 5.56 Å². The van der Waals surface area contributed by atoms with E-state index in [1.165, 1.54) is 11.3 Å². The number of carbonyl (C=O) groups excluding carboxylic acids is 1. The normalized spacial score (nSPS) is 15.6. The van der Waals surface area contributed by atoms with E-state index in [1.807, 2.05) is 13.0 Å². The van der Waals surface area contributed by atoms with Crippen molar-refractivity contribution in [1.82, 2.24) is 9.88 Å². The third kappa shape index (κ3) is 3.28. The minimum Gasteiger partial charge on any atom is -0.530 e. The van der Waals surface area contributed by atoms with Crippen molar-refractivity contribution in [1.29, 1.82) is 0 Å². The maximum absolute atomic E-state index is 12.3. The molecule has 1 N–H and O–H groups in total. The van der Waals surface area contributed by atoms with Crippen LogP contribution in [0.2, 0.25) is 0 Å². The van der Waals surface area contributed by atoms with Gasteiger partial charge < -0.3 is 19.8 Å². The van der Waals surface area contributed by atoms with Gasteiger partial charge >= 0.3 is 0 Å². The van der Waals surface area contributed by atoms with E-state index in [1.54, 1.807) is 20.8 Å². The quantitative estimate of drug-likeness (QED) is 0.924. The molecule has 21 heavy (non-hydrogen) atoms. The van der Waals surface area contributed by atoms with Gasteiger partial charge in [-0.2, -0.15) is 0 Å². The molecule has 0 aromatic carbocycles. The van der Waals surface area contributed by atoms with Crippen LogP contribution in [0.15, 0.2) is 10.9 Å². The summed E-state index contributed by atoms with van der Waals surface area (Å²) < 4.78 is 0. The van der Waals surface area contributed by atoms with Crippen LogP contribution in [-0.2, 0) is 6.54 Å². The van der Waals surface area contributed by atoms with Gasteiger partial charge in [-0.15, -0.1) is 0 Å². The van der Waals surface area contributed by atoms with Crippen LogP contribution < -0.4 is 10.7 Å². The number of nitrogens with zero attached hydrogens (tertiary/aromatic N) is 1. The first-order valence-electron chi connectivity index (χ1n) is 7.41. The van der Waals surface area contributed by atoms with Gasteiger partial charge in [0.1, 0.15) is 6.09 Å². The fourth-order valence-electron chi connectivity index (χ4n) is 2.61. The van der Waals surface area contributed by atoms with Gasteiger partial charge in [-0.1, -0.05) is 6.42 Å². The van der Waals surface area contributed by atoms with Crippen molar-refractivity contribution in [2.24, 2.45) is 0 Å². The van der Waals surface area contributed by atoms with E-state index in [2.05, 4.69) is 4.98 Å². The molecule has 2 rings (SSSR count). The number of aromatic nitrogens is 1. The highest BCUT2D eigenvalue weighted by Crippen LogP contribution is 2.35. The minimum absolute atomic E-state index is 0.0535. The van der Waals surface area contributed by atoms with Gasteiger partial charge in [-0.05, 0) is 58.1 Å². The van der Waals surface area contributed by atoms with Crippen molar-refractivity contribution >= 4 is 6.09 Å². The molecule has 0 spiro atoms. The molecular formula is C16H23N2O3-. The van der Waals surface area contributed by atoms with Gasteiger partial charge in [0.15, 0.2) is 0 Å². The SMILES string of the molecule is Cc1cc(C2CCC2)[nH]c(=O)c1CN(C(=O)[O-])C(C)(C)C. The van der Waals surface area contributed by atoms with Gasteiger partial charge in [0, 0.05) is 16.8 Å². The van der Waals surface area contributed by atoms with Crippen LogP contribution in [0, 0.1) is 6.92 Å². The molecule has 1 aromatic heterocycles. The summed E-state index contributed by atoms with van der Waals surface area (Å²) in [5.41, 5.74) is 1.52. The standard InChI is InChI=1S/C16H24N2O3/c1-10-8-13(11-6-5-7-11)17-14(19)12(10)9-18(15(20)21)16(2,3)4/h8,11H,5-7,9H2,1-4H3,(H,17,19)(H,20,21)/p-1. The van der Waals surface area contributed by atoms with E-state index in [0.29, 0.717) is 11.5 Å². The Balaban J connectivity index is 2.31. The summed E-state index contributed by atoms with van der Waals surface area (Å²) in [7, 11) is 0. The predicted molar refractivity (Wildman–Crippen MR) is 79.1 cm³/mol. The summed E-state index contributed by atoms with van der Waals surface area (Å²) in [4.78, 5) is 27.7. The van der Waals surface area contributed by atoms with Gasteiger partial charge in [-0.3, -0.25) is 4.79 Å². The topological polar surface area (TPSA) is 76.2 Å². The maximum atomic E-state index is 12.3. The predicted octanol–water partition coefficient (Wildman–Crippen LogP) is 1.89. The highest BCUT2D eigenvalue weighted by molar-refractivity contribution is 5.63. The minimum atomic E-state index is -1.26. The Morgan fingerprint density at radius 2 is 2.05 bits per heavy atom. The van der Waals surface area contributed by atoms with Crippen LogP contribution >= 0.6 is 0 Å². The van der Waals surface area contributed by atoms with E-state index in [9.17, 15) is 14.7 Å². The monoisotopic (exact) mass is 291 g/mol. The Kier molecular flexibility index (Phi) is 4.12. The highest BCUT2D eigenvalue weighted by Gasteiger charge is 2.25. The lowest BCUT2D eigenvalue weighted by Crippen LogP contribution is -2.51. The van der Waals surface area contributed by atoms with E-state index in [-0.39, 0.29) is 12.1 Å².